The van der Waals surface area contributed by atoms with Crippen LogP contribution >= 0.6 is 11.3 Å². The number of thiazole rings is 1. The van der Waals surface area contributed by atoms with Gasteiger partial charge < -0.3 is 19.7 Å². The van der Waals surface area contributed by atoms with E-state index in [0.29, 0.717) is 30.8 Å². The van der Waals surface area contributed by atoms with Gasteiger partial charge in [-0.15, -0.1) is 11.3 Å². The lowest BCUT2D eigenvalue weighted by Gasteiger charge is -2.26. The summed E-state index contributed by atoms with van der Waals surface area (Å²) in [5.41, 5.74) is 3.37. The summed E-state index contributed by atoms with van der Waals surface area (Å²) in [6, 6.07) is 14.8. The second-order valence-electron chi connectivity index (χ2n) is 7.77. The molecular weight excluding hydrogens is 438 g/mol. The number of ketones is 1. The van der Waals surface area contributed by atoms with Gasteiger partial charge in [0.1, 0.15) is 5.75 Å². The predicted molar refractivity (Wildman–Crippen MR) is 130 cm³/mol. The van der Waals surface area contributed by atoms with Gasteiger partial charge in [0.05, 0.1) is 25.5 Å². The van der Waals surface area contributed by atoms with Gasteiger partial charge in [-0.25, -0.2) is 4.98 Å². The van der Waals surface area contributed by atoms with Crippen LogP contribution < -0.4 is 15.0 Å². The number of rotatable bonds is 9. The average Bonchev–Trinajstić information content (AvgIpc) is 3.34. The molecule has 0 aliphatic carbocycles. The molecule has 172 valence electrons. The Balaban J connectivity index is 1.21. The Kier molecular flexibility index (Phi) is 7.70. The van der Waals surface area contributed by atoms with E-state index in [2.05, 4.69) is 15.6 Å². The molecule has 0 bridgehead atoms. The molecule has 1 fully saturated rings. The van der Waals surface area contributed by atoms with Crippen LogP contribution in [-0.4, -0.2) is 49.6 Å². The van der Waals surface area contributed by atoms with E-state index < -0.39 is 0 Å². The Hall–Kier alpha value is -3.23. The van der Waals surface area contributed by atoms with Gasteiger partial charge in [-0.05, 0) is 49.7 Å². The van der Waals surface area contributed by atoms with E-state index >= 15 is 0 Å². The number of benzene rings is 2. The first-order valence-electron chi connectivity index (χ1n) is 11.0. The molecule has 1 amide bonds. The van der Waals surface area contributed by atoms with Gasteiger partial charge in [-0.3, -0.25) is 9.59 Å². The largest absolute Gasteiger partial charge is 0.494 e. The maximum absolute atomic E-state index is 12.2. The van der Waals surface area contributed by atoms with Crippen molar-refractivity contribution in [1.82, 2.24) is 4.98 Å². The molecule has 1 saturated heterocycles. The maximum Gasteiger partial charge on any atom is 0.224 e. The van der Waals surface area contributed by atoms with Gasteiger partial charge in [0, 0.05) is 41.7 Å². The van der Waals surface area contributed by atoms with E-state index in [9.17, 15) is 9.59 Å². The van der Waals surface area contributed by atoms with Crippen molar-refractivity contribution < 1.29 is 19.1 Å². The van der Waals surface area contributed by atoms with Crippen LogP contribution in [0.25, 0.3) is 11.3 Å². The number of nitrogens with zero attached hydrogens (tertiary/aromatic N) is 2. The van der Waals surface area contributed by atoms with E-state index in [1.54, 1.807) is 35.6 Å². The first kappa shape index (κ1) is 22.9. The van der Waals surface area contributed by atoms with Crippen molar-refractivity contribution in [2.75, 3.05) is 43.1 Å². The molecule has 1 aromatic heterocycles. The summed E-state index contributed by atoms with van der Waals surface area (Å²) < 4.78 is 11.0. The Labute approximate surface area is 197 Å². The van der Waals surface area contributed by atoms with Crippen LogP contribution in [0.2, 0.25) is 0 Å². The van der Waals surface area contributed by atoms with E-state index in [1.807, 2.05) is 24.3 Å². The highest BCUT2D eigenvalue weighted by Gasteiger charge is 2.15. The molecule has 3 aromatic rings. The van der Waals surface area contributed by atoms with Crippen LogP contribution in [0.5, 0.6) is 5.75 Å². The summed E-state index contributed by atoms with van der Waals surface area (Å²) in [6.45, 7) is 5.18. The molecule has 0 spiro atoms. The fraction of sp³-hybridized carbons (Fsp3) is 0.320. The number of aromatic nitrogens is 1. The predicted octanol–water partition coefficient (Wildman–Crippen LogP) is 4.65. The molecule has 33 heavy (non-hydrogen) atoms. The fourth-order valence-electron chi connectivity index (χ4n) is 3.45. The lowest BCUT2D eigenvalue weighted by molar-refractivity contribution is -0.116. The number of morpholine rings is 1. The van der Waals surface area contributed by atoms with E-state index in [4.69, 9.17) is 14.5 Å². The third kappa shape index (κ3) is 6.40. The summed E-state index contributed by atoms with van der Waals surface area (Å²) in [4.78, 5) is 30.5. The fourth-order valence-corrected chi connectivity index (χ4v) is 4.34. The van der Waals surface area contributed by atoms with Crippen LogP contribution in [-0.2, 0) is 9.53 Å². The molecule has 1 aliphatic heterocycles. The minimum atomic E-state index is -0.0541. The van der Waals surface area contributed by atoms with Crippen LogP contribution in [0.15, 0.2) is 53.9 Å². The van der Waals surface area contributed by atoms with Crippen LogP contribution in [0.4, 0.5) is 10.8 Å². The first-order valence-corrected chi connectivity index (χ1v) is 11.9. The number of carbonyl (C=O) groups is 2. The topological polar surface area (TPSA) is 80.8 Å². The number of carbonyl (C=O) groups excluding carboxylic acids is 2. The van der Waals surface area contributed by atoms with Crippen molar-refractivity contribution >= 4 is 33.8 Å². The number of hydrogen-bond acceptors (Lipinski definition) is 7. The van der Waals surface area contributed by atoms with Crippen LogP contribution in [0.3, 0.4) is 0 Å². The van der Waals surface area contributed by atoms with Crippen molar-refractivity contribution in [3.8, 4) is 17.0 Å². The highest BCUT2D eigenvalue weighted by molar-refractivity contribution is 7.14. The molecule has 8 heteroatoms. The molecule has 0 unspecified atom stereocenters. The minimum absolute atomic E-state index is 0.0237. The summed E-state index contributed by atoms with van der Waals surface area (Å²) in [6.07, 6.45) is 0.962. The lowest BCUT2D eigenvalue weighted by atomic mass is 10.1. The van der Waals surface area contributed by atoms with Crippen molar-refractivity contribution in [2.45, 2.75) is 19.8 Å². The van der Waals surface area contributed by atoms with Gasteiger partial charge in [0.2, 0.25) is 5.91 Å². The molecule has 1 N–H and O–H groups in total. The second-order valence-corrected chi connectivity index (χ2v) is 8.61. The van der Waals surface area contributed by atoms with Crippen molar-refractivity contribution in [3.05, 3.63) is 59.5 Å². The van der Waals surface area contributed by atoms with E-state index in [-0.39, 0.29) is 11.7 Å². The maximum atomic E-state index is 12.2. The SMILES string of the molecule is CC(=O)c1ccc(OCCCC(=O)Nc2ccc(-c3csc(N4CCOCC4)n3)cc2)cc1. The van der Waals surface area contributed by atoms with Crippen LogP contribution in [0, 0.1) is 0 Å². The molecule has 1 aliphatic rings. The highest BCUT2D eigenvalue weighted by Crippen LogP contribution is 2.28. The standard InChI is InChI=1S/C25H27N3O4S/c1-18(29)19-6-10-22(11-7-19)32-14-2-3-24(30)26-21-8-4-20(5-9-21)23-17-33-25(27-23)28-12-15-31-16-13-28/h4-11,17H,2-3,12-16H2,1H3,(H,26,30). The first-order chi connectivity index (χ1) is 16.1. The Morgan fingerprint density at radius 2 is 1.82 bits per heavy atom. The zero-order valence-electron chi connectivity index (χ0n) is 18.6. The summed E-state index contributed by atoms with van der Waals surface area (Å²) in [5.74, 6) is 0.659. The average molecular weight is 466 g/mol. The molecular formula is C25H27N3O4S. The normalized spacial score (nSPS) is 13.5. The number of ether oxygens (including phenoxy) is 2. The summed E-state index contributed by atoms with van der Waals surface area (Å²) >= 11 is 1.64. The minimum Gasteiger partial charge on any atom is -0.494 e. The third-order valence-corrected chi connectivity index (χ3v) is 6.22. The Bertz CT molecular complexity index is 1070. The summed E-state index contributed by atoms with van der Waals surface area (Å²) in [7, 11) is 0. The quantitative estimate of drug-likeness (QED) is 0.366. The van der Waals surface area contributed by atoms with Crippen molar-refractivity contribution in [1.29, 1.82) is 0 Å². The van der Waals surface area contributed by atoms with E-state index in [0.717, 1.165) is 48.4 Å². The molecule has 2 aromatic carbocycles. The molecule has 0 radical (unpaired) electrons. The highest BCUT2D eigenvalue weighted by atomic mass is 32.1. The van der Waals surface area contributed by atoms with Gasteiger partial charge in [0.15, 0.2) is 10.9 Å². The number of amides is 1. The van der Waals surface area contributed by atoms with Crippen molar-refractivity contribution in [2.24, 2.45) is 0 Å². The smallest absolute Gasteiger partial charge is 0.224 e. The monoisotopic (exact) mass is 465 g/mol. The number of nitrogens with one attached hydrogen (secondary N) is 1. The summed E-state index contributed by atoms with van der Waals surface area (Å²) in [5, 5.41) is 6.00. The molecule has 4 rings (SSSR count). The molecule has 2 heterocycles. The van der Waals surface area contributed by atoms with Gasteiger partial charge in [0.25, 0.3) is 0 Å². The number of Topliss-reactive ketones (excluding diaryl/α,β-unsaturated/α-hetero) is 1. The molecule has 0 atom stereocenters. The second kappa shape index (κ2) is 11.1. The molecule has 0 saturated carbocycles. The number of hydrogen-bond donors (Lipinski definition) is 1. The van der Waals surface area contributed by atoms with E-state index in [1.165, 1.54) is 6.92 Å². The molecule has 7 nitrogen and oxygen atoms in total. The third-order valence-electron chi connectivity index (χ3n) is 5.32. The number of anilines is 2. The van der Waals surface area contributed by atoms with Gasteiger partial charge in [-0.1, -0.05) is 12.1 Å². The van der Waals surface area contributed by atoms with Crippen LogP contribution in [0.1, 0.15) is 30.1 Å². The Morgan fingerprint density at radius 3 is 2.52 bits per heavy atom. The zero-order valence-corrected chi connectivity index (χ0v) is 19.4. The van der Waals surface area contributed by atoms with Gasteiger partial charge >= 0.3 is 0 Å². The van der Waals surface area contributed by atoms with Gasteiger partial charge in [-0.2, -0.15) is 0 Å². The zero-order chi connectivity index (χ0) is 23.0. The lowest BCUT2D eigenvalue weighted by Crippen LogP contribution is -2.36. The van der Waals surface area contributed by atoms with Crippen molar-refractivity contribution in [3.63, 3.8) is 0 Å². The Morgan fingerprint density at radius 1 is 1.09 bits per heavy atom.